The molecule has 1 N–H and O–H groups in total. The Morgan fingerprint density at radius 1 is 1.22 bits per heavy atom. The number of nitrogens with one attached hydrogen (secondary N) is 1. The standard InChI is InChI=1S/C14H21N3O/c1-3-16(4-2)12-6-8-13(9-7-12)17-11-5-10-15-14(17)18/h6-9H,3-5,10-11H2,1-2H3,(H,15,18). The SMILES string of the molecule is CCN(CC)c1ccc(N2CCCNC2=O)cc1. The van der Waals surface area contributed by atoms with Crippen LogP contribution in [0.15, 0.2) is 24.3 Å². The second kappa shape index (κ2) is 5.76. The number of amides is 2. The quantitative estimate of drug-likeness (QED) is 0.887. The van der Waals surface area contributed by atoms with Gasteiger partial charge < -0.3 is 10.2 Å². The van der Waals surface area contributed by atoms with Gasteiger partial charge in [-0.15, -0.1) is 0 Å². The van der Waals surface area contributed by atoms with E-state index in [1.165, 1.54) is 5.69 Å². The second-order valence-electron chi connectivity index (χ2n) is 4.43. The summed E-state index contributed by atoms with van der Waals surface area (Å²) in [5, 5.41) is 2.87. The normalized spacial score (nSPS) is 15.4. The first-order valence-corrected chi connectivity index (χ1v) is 6.66. The summed E-state index contributed by atoms with van der Waals surface area (Å²) in [6, 6.07) is 8.24. The zero-order valence-corrected chi connectivity index (χ0v) is 11.1. The molecule has 2 amide bonds. The number of urea groups is 1. The van der Waals surface area contributed by atoms with Crippen molar-refractivity contribution in [2.75, 3.05) is 36.0 Å². The molecule has 1 aromatic rings. The Kier molecular flexibility index (Phi) is 4.07. The van der Waals surface area contributed by atoms with Crippen LogP contribution in [0.2, 0.25) is 0 Å². The maximum Gasteiger partial charge on any atom is 0.321 e. The fourth-order valence-corrected chi connectivity index (χ4v) is 2.31. The summed E-state index contributed by atoms with van der Waals surface area (Å²) < 4.78 is 0. The van der Waals surface area contributed by atoms with Gasteiger partial charge in [-0.1, -0.05) is 0 Å². The molecular weight excluding hydrogens is 226 g/mol. The molecule has 0 bridgehead atoms. The molecule has 0 unspecified atom stereocenters. The molecule has 1 aliphatic heterocycles. The number of carbonyl (C=O) groups excluding carboxylic acids is 1. The van der Waals surface area contributed by atoms with Crippen LogP contribution in [0.5, 0.6) is 0 Å². The van der Waals surface area contributed by atoms with Gasteiger partial charge in [0.25, 0.3) is 0 Å². The van der Waals surface area contributed by atoms with Crippen molar-refractivity contribution in [3.05, 3.63) is 24.3 Å². The van der Waals surface area contributed by atoms with E-state index in [9.17, 15) is 4.79 Å². The van der Waals surface area contributed by atoms with Crippen molar-refractivity contribution in [3.63, 3.8) is 0 Å². The van der Waals surface area contributed by atoms with Crippen LogP contribution >= 0.6 is 0 Å². The first-order valence-electron chi connectivity index (χ1n) is 6.66. The third-order valence-electron chi connectivity index (χ3n) is 3.37. The summed E-state index contributed by atoms with van der Waals surface area (Å²) in [6.07, 6.45) is 1.00. The third-order valence-corrected chi connectivity index (χ3v) is 3.37. The minimum Gasteiger partial charge on any atom is -0.372 e. The zero-order valence-electron chi connectivity index (χ0n) is 11.1. The van der Waals surface area contributed by atoms with Crippen molar-refractivity contribution in [1.82, 2.24) is 5.32 Å². The highest BCUT2D eigenvalue weighted by Gasteiger charge is 2.18. The monoisotopic (exact) mass is 247 g/mol. The smallest absolute Gasteiger partial charge is 0.321 e. The van der Waals surface area contributed by atoms with Gasteiger partial charge in [-0.05, 0) is 44.5 Å². The minimum atomic E-state index is 0.0110. The number of benzene rings is 1. The van der Waals surface area contributed by atoms with E-state index in [0.29, 0.717) is 0 Å². The first-order chi connectivity index (χ1) is 8.76. The Balaban J connectivity index is 2.13. The number of hydrogen-bond donors (Lipinski definition) is 1. The fourth-order valence-electron chi connectivity index (χ4n) is 2.31. The largest absolute Gasteiger partial charge is 0.372 e. The highest BCUT2D eigenvalue weighted by Crippen LogP contribution is 2.21. The van der Waals surface area contributed by atoms with Crippen LogP contribution in [0.3, 0.4) is 0 Å². The van der Waals surface area contributed by atoms with Crippen molar-refractivity contribution in [2.24, 2.45) is 0 Å². The Bertz CT molecular complexity index is 398. The molecule has 0 aromatic heterocycles. The molecule has 0 spiro atoms. The van der Waals surface area contributed by atoms with Crippen molar-refractivity contribution < 1.29 is 4.79 Å². The molecule has 1 aliphatic rings. The second-order valence-corrected chi connectivity index (χ2v) is 4.43. The van der Waals surface area contributed by atoms with Crippen LogP contribution in [0, 0.1) is 0 Å². The maximum absolute atomic E-state index is 11.7. The van der Waals surface area contributed by atoms with Crippen LogP contribution in [0.4, 0.5) is 16.2 Å². The van der Waals surface area contributed by atoms with E-state index in [1.54, 1.807) is 4.90 Å². The zero-order chi connectivity index (χ0) is 13.0. The van der Waals surface area contributed by atoms with Gasteiger partial charge in [0.05, 0.1) is 0 Å². The minimum absolute atomic E-state index is 0.0110. The maximum atomic E-state index is 11.7. The molecule has 98 valence electrons. The van der Waals surface area contributed by atoms with E-state index in [-0.39, 0.29) is 6.03 Å². The molecule has 4 heteroatoms. The number of nitrogens with zero attached hydrogens (tertiary/aromatic N) is 2. The van der Waals surface area contributed by atoms with Gasteiger partial charge >= 0.3 is 6.03 Å². The van der Waals surface area contributed by atoms with Crippen LogP contribution < -0.4 is 15.1 Å². The highest BCUT2D eigenvalue weighted by molar-refractivity contribution is 5.92. The van der Waals surface area contributed by atoms with Crippen LogP contribution in [0.1, 0.15) is 20.3 Å². The fraction of sp³-hybridized carbons (Fsp3) is 0.500. The predicted molar refractivity (Wildman–Crippen MR) is 75.4 cm³/mol. The van der Waals surface area contributed by atoms with Crippen LogP contribution in [-0.2, 0) is 0 Å². The average molecular weight is 247 g/mol. The lowest BCUT2D eigenvalue weighted by atomic mass is 10.2. The number of carbonyl (C=O) groups is 1. The van der Waals surface area contributed by atoms with E-state index < -0.39 is 0 Å². The molecule has 0 saturated carbocycles. The summed E-state index contributed by atoms with van der Waals surface area (Å²) in [4.78, 5) is 15.8. The molecule has 1 heterocycles. The lowest BCUT2D eigenvalue weighted by Crippen LogP contribution is -2.46. The lowest BCUT2D eigenvalue weighted by Gasteiger charge is -2.28. The molecule has 0 aliphatic carbocycles. The van der Waals surface area contributed by atoms with Crippen molar-refractivity contribution in [3.8, 4) is 0 Å². The summed E-state index contributed by atoms with van der Waals surface area (Å²) in [6.45, 7) is 7.88. The van der Waals surface area contributed by atoms with Gasteiger partial charge in [0, 0.05) is 37.6 Å². The van der Waals surface area contributed by atoms with E-state index in [0.717, 1.165) is 38.3 Å². The molecule has 1 aromatic carbocycles. The molecule has 0 atom stereocenters. The van der Waals surface area contributed by atoms with Crippen molar-refractivity contribution in [2.45, 2.75) is 20.3 Å². The van der Waals surface area contributed by atoms with E-state index >= 15 is 0 Å². The molecule has 1 saturated heterocycles. The number of anilines is 2. The van der Waals surface area contributed by atoms with Crippen molar-refractivity contribution in [1.29, 1.82) is 0 Å². The number of hydrogen-bond acceptors (Lipinski definition) is 2. The van der Waals surface area contributed by atoms with Gasteiger partial charge in [-0.2, -0.15) is 0 Å². The Hall–Kier alpha value is -1.71. The van der Waals surface area contributed by atoms with Gasteiger partial charge in [0.1, 0.15) is 0 Å². The number of rotatable bonds is 4. The van der Waals surface area contributed by atoms with Crippen LogP contribution in [-0.4, -0.2) is 32.2 Å². The lowest BCUT2D eigenvalue weighted by molar-refractivity contribution is 0.243. The van der Waals surface area contributed by atoms with Gasteiger partial charge in [-0.25, -0.2) is 4.79 Å². The van der Waals surface area contributed by atoms with E-state index in [4.69, 9.17) is 0 Å². The molecule has 0 radical (unpaired) electrons. The Labute approximate surface area is 109 Å². The molecular formula is C14H21N3O. The van der Waals surface area contributed by atoms with Crippen molar-refractivity contribution >= 4 is 17.4 Å². The summed E-state index contributed by atoms with van der Waals surface area (Å²) in [5.41, 5.74) is 2.18. The Morgan fingerprint density at radius 2 is 1.89 bits per heavy atom. The summed E-state index contributed by atoms with van der Waals surface area (Å²) >= 11 is 0. The molecule has 1 fully saturated rings. The van der Waals surface area contributed by atoms with Crippen LogP contribution in [0.25, 0.3) is 0 Å². The predicted octanol–water partition coefficient (Wildman–Crippen LogP) is 2.45. The first kappa shape index (κ1) is 12.7. The summed E-state index contributed by atoms with van der Waals surface area (Å²) in [5.74, 6) is 0. The van der Waals surface area contributed by atoms with E-state index in [2.05, 4.69) is 36.2 Å². The van der Waals surface area contributed by atoms with Gasteiger partial charge in [0.2, 0.25) is 0 Å². The van der Waals surface area contributed by atoms with E-state index in [1.807, 2.05) is 12.1 Å². The van der Waals surface area contributed by atoms with Gasteiger partial charge in [0.15, 0.2) is 0 Å². The topological polar surface area (TPSA) is 35.6 Å². The summed E-state index contributed by atoms with van der Waals surface area (Å²) in [7, 11) is 0. The average Bonchev–Trinajstić information content (AvgIpc) is 2.42. The third kappa shape index (κ3) is 2.58. The highest BCUT2D eigenvalue weighted by atomic mass is 16.2. The molecule has 4 nitrogen and oxygen atoms in total. The molecule has 18 heavy (non-hydrogen) atoms. The molecule has 2 rings (SSSR count). The Morgan fingerprint density at radius 3 is 2.44 bits per heavy atom. The van der Waals surface area contributed by atoms with Gasteiger partial charge in [-0.3, -0.25) is 4.90 Å².